The maximum absolute atomic E-state index is 13.0. The molecule has 9 nitrogen and oxygen atoms in total. The highest BCUT2D eigenvalue weighted by Gasteiger charge is 2.29. The Kier molecular flexibility index (Phi) is 5.97. The normalized spacial score (nSPS) is 15.4. The molecule has 3 rings (SSSR count). The van der Waals surface area contributed by atoms with Crippen LogP contribution >= 0.6 is 11.6 Å². The quantitative estimate of drug-likeness (QED) is 0.670. The average molecular weight is 441 g/mol. The van der Waals surface area contributed by atoms with Crippen molar-refractivity contribution in [2.24, 2.45) is 0 Å². The van der Waals surface area contributed by atoms with E-state index in [2.05, 4.69) is 0 Å². The van der Waals surface area contributed by atoms with Gasteiger partial charge in [-0.2, -0.15) is 4.31 Å². The van der Waals surface area contributed by atoms with Crippen molar-refractivity contribution in [1.82, 2.24) is 13.9 Å². The Labute approximate surface area is 172 Å². The van der Waals surface area contributed by atoms with E-state index in [1.165, 1.54) is 16.4 Å². The minimum Gasteiger partial charge on any atom is -0.384 e. The number of aromatic nitrogens is 2. The number of carbonyl (C=O) groups is 1. The predicted molar refractivity (Wildman–Crippen MR) is 109 cm³/mol. The summed E-state index contributed by atoms with van der Waals surface area (Å²) in [6.07, 6.45) is 2.50. The van der Waals surface area contributed by atoms with Crippen LogP contribution in [0.2, 0.25) is 5.02 Å². The number of benzene rings is 1. The molecule has 2 aromatic rings. The molecule has 0 saturated carbocycles. The van der Waals surface area contributed by atoms with E-state index >= 15 is 0 Å². The van der Waals surface area contributed by atoms with Gasteiger partial charge in [-0.3, -0.25) is 19.1 Å². The van der Waals surface area contributed by atoms with Crippen molar-refractivity contribution in [2.45, 2.75) is 37.6 Å². The Morgan fingerprint density at radius 2 is 1.86 bits per heavy atom. The summed E-state index contributed by atoms with van der Waals surface area (Å²) >= 11 is 6.14. The summed E-state index contributed by atoms with van der Waals surface area (Å²) in [6.45, 7) is 2.58. The van der Waals surface area contributed by atoms with Crippen molar-refractivity contribution in [3.63, 3.8) is 0 Å². The van der Waals surface area contributed by atoms with Crippen LogP contribution in [0.3, 0.4) is 0 Å². The van der Waals surface area contributed by atoms with Crippen LogP contribution in [0.25, 0.3) is 0 Å². The van der Waals surface area contributed by atoms with Gasteiger partial charge >= 0.3 is 5.69 Å². The van der Waals surface area contributed by atoms with Crippen LogP contribution in [-0.2, 0) is 16.6 Å². The van der Waals surface area contributed by atoms with Gasteiger partial charge in [0, 0.05) is 25.2 Å². The predicted octanol–water partition coefficient (Wildman–Crippen LogP) is 1.20. The van der Waals surface area contributed by atoms with Crippen LogP contribution in [0.5, 0.6) is 0 Å². The summed E-state index contributed by atoms with van der Waals surface area (Å²) < 4.78 is 28.3. The van der Waals surface area contributed by atoms with E-state index in [1.54, 1.807) is 6.92 Å². The molecule has 1 saturated heterocycles. The van der Waals surface area contributed by atoms with E-state index in [-0.39, 0.29) is 27.8 Å². The monoisotopic (exact) mass is 440 g/mol. The second kappa shape index (κ2) is 8.13. The van der Waals surface area contributed by atoms with Crippen molar-refractivity contribution in [1.29, 1.82) is 0 Å². The second-order valence-electron chi connectivity index (χ2n) is 6.70. The number of H-pyrrole nitrogens is 1. The summed E-state index contributed by atoms with van der Waals surface area (Å²) in [5.74, 6) is -1.15. The lowest BCUT2D eigenvalue weighted by Gasteiger charge is -2.26. The highest BCUT2D eigenvalue weighted by molar-refractivity contribution is 7.89. The fraction of sp³-hybridized carbons (Fsp3) is 0.389. The Hall–Kier alpha value is -2.43. The van der Waals surface area contributed by atoms with Gasteiger partial charge in [-0.25, -0.2) is 13.2 Å². The molecule has 0 radical (unpaired) electrons. The van der Waals surface area contributed by atoms with Crippen LogP contribution in [0.1, 0.15) is 42.1 Å². The van der Waals surface area contributed by atoms with Gasteiger partial charge in [0.15, 0.2) is 0 Å². The number of ketones is 1. The van der Waals surface area contributed by atoms with Gasteiger partial charge in [-0.15, -0.1) is 0 Å². The standard InChI is InChI=1S/C18H21ClN4O5S/c1-2-23-16(20)14(17(25)21-18(23)26)15(24)12-10-11(6-7-13(12)19)29(27,28)22-8-4-3-5-9-22/h6-7,10H,2-5,8-9,20H2,1H3,(H,21,25,26). The molecule has 1 aromatic carbocycles. The van der Waals surface area contributed by atoms with Gasteiger partial charge in [0.1, 0.15) is 11.4 Å². The van der Waals surface area contributed by atoms with E-state index in [0.29, 0.717) is 13.1 Å². The maximum atomic E-state index is 13.0. The number of carbonyl (C=O) groups excluding carboxylic acids is 1. The number of nitrogens with zero attached hydrogens (tertiary/aromatic N) is 2. The van der Waals surface area contributed by atoms with Crippen LogP contribution in [-0.4, -0.2) is 41.1 Å². The zero-order valence-corrected chi connectivity index (χ0v) is 17.3. The molecule has 1 aromatic heterocycles. The SMILES string of the molecule is CCn1c(N)c(C(=O)c2cc(S(=O)(=O)N3CCCCC3)ccc2Cl)c(=O)[nH]c1=O. The average Bonchev–Trinajstić information content (AvgIpc) is 2.68. The topological polar surface area (TPSA) is 135 Å². The fourth-order valence-electron chi connectivity index (χ4n) is 3.35. The third-order valence-electron chi connectivity index (χ3n) is 4.92. The van der Waals surface area contributed by atoms with Gasteiger partial charge in [0.2, 0.25) is 15.8 Å². The Morgan fingerprint density at radius 3 is 2.48 bits per heavy atom. The summed E-state index contributed by atoms with van der Waals surface area (Å²) in [7, 11) is -3.81. The molecule has 0 spiro atoms. The van der Waals surface area contributed by atoms with Crippen molar-refractivity contribution in [3.05, 3.63) is 55.2 Å². The minimum absolute atomic E-state index is 0.0272. The van der Waals surface area contributed by atoms with Gasteiger partial charge < -0.3 is 5.73 Å². The van der Waals surface area contributed by atoms with Crippen LogP contribution in [0.15, 0.2) is 32.7 Å². The lowest BCUT2D eigenvalue weighted by Crippen LogP contribution is -2.36. The summed E-state index contributed by atoms with van der Waals surface area (Å²) in [4.78, 5) is 39.1. The van der Waals surface area contributed by atoms with E-state index in [9.17, 15) is 22.8 Å². The molecule has 0 atom stereocenters. The highest BCUT2D eigenvalue weighted by Crippen LogP contribution is 2.27. The van der Waals surface area contributed by atoms with Crippen molar-refractivity contribution >= 4 is 33.2 Å². The third kappa shape index (κ3) is 3.87. The lowest BCUT2D eigenvalue weighted by molar-refractivity contribution is 0.103. The number of sulfonamides is 1. The van der Waals surface area contributed by atoms with E-state index in [4.69, 9.17) is 17.3 Å². The van der Waals surface area contributed by atoms with Gasteiger partial charge in [-0.05, 0) is 38.0 Å². The number of halogens is 1. The van der Waals surface area contributed by atoms with Crippen LogP contribution in [0, 0.1) is 0 Å². The molecule has 3 N–H and O–H groups in total. The zero-order chi connectivity index (χ0) is 21.3. The highest BCUT2D eigenvalue weighted by atomic mass is 35.5. The van der Waals surface area contributed by atoms with Gasteiger partial charge in [0.25, 0.3) is 5.56 Å². The molecule has 0 amide bonds. The zero-order valence-electron chi connectivity index (χ0n) is 15.8. The number of nitrogens with one attached hydrogen (secondary N) is 1. The molecule has 0 unspecified atom stereocenters. The minimum atomic E-state index is -3.81. The maximum Gasteiger partial charge on any atom is 0.329 e. The molecular weight excluding hydrogens is 420 g/mol. The largest absolute Gasteiger partial charge is 0.384 e. The lowest BCUT2D eigenvalue weighted by atomic mass is 10.0. The number of anilines is 1. The van der Waals surface area contributed by atoms with Crippen molar-refractivity contribution < 1.29 is 13.2 Å². The van der Waals surface area contributed by atoms with E-state index in [0.717, 1.165) is 29.9 Å². The summed E-state index contributed by atoms with van der Waals surface area (Å²) in [5.41, 5.74) is 3.55. The van der Waals surface area contributed by atoms with Gasteiger partial charge in [-0.1, -0.05) is 18.0 Å². The molecule has 1 aliphatic rings. The number of aromatic amines is 1. The number of hydrogen-bond donors (Lipinski definition) is 2. The number of piperidine rings is 1. The van der Waals surface area contributed by atoms with E-state index in [1.807, 2.05) is 4.98 Å². The summed E-state index contributed by atoms with van der Waals surface area (Å²) in [6, 6.07) is 3.77. The third-order valence-corrected chi connectivity index (χ3v) is 7.14. The van der Waals surface area contributed by atoms with Crippen LogP contribution in [0.4, 0.5) is 5.82 Å². The molecule has 0 aliphatic carbocycles. The number of nitrogens with two attached hydrogens (primary N) is 1. The molecule has 11 heteroatoms. The molecule has 0 bridgehead atoms. The first kappa shape index (κ1) is 21.3. The smallest absolute Gasteiger partial charge is 0.329 e. The Morgan fingerprint density at radius 1 is 1.21 bits per heavy atom. The molecule has 1 fully saturated rings. The Balaban J connectivity index is 2.11. The molecule has 1 aliphatic heterocycles. The van der Waals surface area contributed by atoms with Gasteiger partial charge in [0.05, 0.1) is 9.92 Å². The molecular formula is C18H21ClN4O5S. The van der Waals surface area contributed by atoms with Crippen LogP contribution < -0.4 is 17.0 Å². The first-order valence-electron chi connectivity index (χ1n) is 9.15. The second-order valence-corrected chi connectivity index (χ2v) is 9.04. The first-order chi connectivity index (χ1) is 13.7. The van der Waals surface area contributed by atoms with Crippen molar-refractivity contribution in [2.75, 3.05) is 18.8 Å². The molecule has 156 valence electrons. The Bertz CT molecular complexity index is 1180. The van der Waals surface area contributed by atoms with Crippen molar-refractivity contribution in [3.8, 4) is 0 Å². The fourth-order valence-corrected chi connectivity index (χ4v) is 5.10. The first-order valence-corrected chi connectivity index (χ1v) is 11.0. The number of rotatable bonds is 5. The number of nitrogen functional groups attached to an aromatic ring is 1. The summed E-state index contributed by atoms with van der Waals surface area (Å²) in [5, 5.41) is -0.0272. The molecule has 29 heavy (non-hydrogen) atoms. The van der Waals surface area contributed by atoms with E-state index < -0.39 is 32.6 Å². The number of hydrogen-bond acceptors (Lipinski definition) is 6. The molecule has 2 heterocycles.